The molecule has 2 fully saturated rings. The summed E-state index contributed by atoms with van der Waals surface area (Å²) in [5.74, 6) is 0.520. The zero-order chi connectivity index (χ0) is 11.8. The molecule has 4 heteroatoms. The number of amides is 1. The van der Waals surface area contributed by atoms with Gasteiger partial charge in [0, 0.05) is 13.1 Å². The molecule has 1 saturated carbocycles. The molecule has 1 amide bonds. The third-order valence-electron chi connectivity index (χ3n) is 3.55. The lowest BCUT2D eigenvalue weighted by Crippen LogP contribution is -2.48. The summed E-state index contributed by atoms with van der Waals surface area (Å²) in [7, 11) is 0. The summed E-state index contributed by atoms with van der Waals surface area (Å²) >= 11 is 0. The zero-order valence-corrected chi connectivity index (χ0v) is 9.99. The molecule has 1 atom stereocenters. The third-order valence-corrected chi connectivity index (χ3v) is 3.55. The predicted octanol–water partition coefficient (Wildman–Crippen LogP) is 1.98. The van der Waals surface area contributed by atoms with Gasteiger partial charge in [0.25, 0.3) is 0 Å². The average Bonchev–Trinajstić information content (AvgIpc) is 2.83. The second-order valence-electron chi connectivity index (χ2n) is 5.14. The Morgan fingerprint density at radius 1 is 1.38 bits per heavy atom. The summed E-state index contributed by atoms with van der Waals surface area (Å²) in [5, 5.41) is 0. The number of ketones is 1. The van der Waals surface area contributed by atoms with Crippen molar-refractivity contribution in [2.24, 2.45) is 5.92 Å². The molecule has 0 aromatic rings. The van der Waals surface area contributed by atoms with Crippen molar-refractivity contribution in [3.63, 3.8) is 0 Å². The van der Waals surface area contributed by atoms with Gasteiger partial charge in [0.15, 0.2) is 11.4 Å². The normalized spacial score (nSPS) is 23.2. The first-order valence-corrected chi connectivity index (χ1v) is 6.00. The molecule has 0 radical (unpaired) electrons. The van der Waals surface area contributed by atoms with Crippen LogP contribution in [0.25, 0.3) is 0 Å². The zero-order valence-electron chi connectivity index (χ0n) is 9.99. The van der Waals surface area contributed by atoms with Crippen molar-refractivity contribution in [2.75, 3.05) is 13.1 Å². The molecule has 1 heterocycles. The highest BCUT2D eigenvalue weighted by molar-refractivity contribution is 5.87. The number of nitrogens with zero attached hydrogens (tertiary/aromatic N) is 1. The first-order chi connectivity index (χ1) is 7.51. The van der Waals surface area contributed by atoms with Gasteiger partial charge in [-0.15, -0.1) is 0 Å². The number of carbonyl (C=O) groups is 2. The molecule has 90 valence electrons. The SMILES string of the molecule is CC(=O)[C@@](C)(CC1CC1)OC(=O)N1CCC1. The first-order valence-electron chi connectivity index (χ1n) is 6.00. The second-order valence-corrected chi connectivity index (χ2v) is 5.14. The lowest BCUT2D eigenvalue weighted by Gasteiger charge is -2.35. The van der Waals surface area contributed by atoms with Crippen LogP contribution in [0.1, 0.15) is 39.5 Å². The molecule has 2 aliphatic rings. The summed E-state index contributed by atoms with van der Waals surface area (Å²) in [5.41, 5.74) is -0.909. The van der Waals surface area contributed by atoms with E-state index >= 15 is 0 Å². The Labute approximate surface area is 95.9 Å². The minimum atomic E-state index is -0.909. The van der Waals surface area contributed by atoms with Gasteiger partial charge in [0.1, 0.15) is 0 Å². The molecular weight excluding hydrogens is 206 g/mol. The van der Waals surface area contributed by atoms with Crippen LogP contribution in [-0.2, 0) is 9.53 Å². The summed E-state index contributed by atoms with van der Waals surface area (Å²) in [6, 6.07) is 0. The van der Waals surface area contributed by atoms with E-state index in [-0.39, 0.29) is 11.9 Å². The Kier molecular flexibility index (Phi) is 2.91. The Morgan fingerprint density at radius 3 is 2.38 bits per heavy atom. The highest BCUT2D eigenvalue weighted by Gasteiger charge is 2.41. The number of ether oxygens (including phenoxy) is 1. The van der Waals surface area contributed by atoms with Gasteiger partial charge >= 0.3 is 6.09 Å². The minimum absolute atomic E-state index is 0.0479. The van der Waals surface area contributed by atoms with Crippen molar-refractivity contribution < 1.29 is 14.3 Å². The summed E-state index contributed by atoms with van der Waals surface area (Å²) < 4.78 is 5.39. The van der Waals surface area contributed by atoms with Crippen LogP contribution in [0.4, 0.5) is 4.79 Å². The predicted molar refractivity (Wildman–Crippen MR) is 59.1 cm³/mol. The molecule has 4 nitrogen and oxygen atoms in total. The molecule has 0 aromatic heterocycles. The number of hydrogen-bond donors (Lipinski definition) is 0. The van der Waals surface area contributed by atoms with E-state index in [0.717, 1.165) is 32.4 Å². The molecule has 0 unspecified atom stereocenters. The summed E-state index contributed by atoms with van der Waals surface area (Å²) in [6.45, 7) is 4.77. The number of likely N-dealkylation sites (tertiary alicyclic amines) is 1. The van der Waals surface area contributed by atoms with Gasteiger partial charge in [-0.2, -0.15) is 0 Å². The molecule has 1 saturated heterocycles. The standard InChI is InChI=1S/C12H19NO3/c1-9(14)12(2,8-10-4-5-10)16-11(15)13-6-3-7-13/h10H,3-8H2,1-2H3/t12-/m1/s1. The van der Waals surface area contributed by atoms with E-state index in [2.05, 4.69) is 0 Å². The van der Waals surface area contributed by atoms with E-state index in [0.29, 0.717) is 12.3 Å². The first kappa shape index (κ1) is 11.4. The average molecular weight is 225 g/mol. The Hall–Kier alpha value is -1.06. The van der Waals surface area contributed by atoms with Gasteiger partial charge in [-0.3, -0.25) is 4.79 Å². The van der Waals surface area contributed by atoms with Crippen LogP contribution in [0.3, 0.4) is 0 Å². The van der Waals surface area contributed by atoms with Gasteiger partial charge in [0.05, 0.1) is 0 Å². The summed E-state index contributed by atoms with van der Waals surface area (Å²) in [6.07, 6.45) is 3.70. The number of rotatable bonds is 4. The van der Waals surface area contributed by atoms with Crippen LogP contribution in [0.15, 0.2) is 0 Å². The lowest BCUT2D eigenvalue weighted by atomic mass is 9.94. The number of hydrogen-bond acceptors (Lipinski definition) is 3. The Morgan fingerprint density at radius 2 is 2.00 bits per heavy atom. The van der Waals surface area contributed by atoms with Crippen molar-refractivity contribution in [2.45, 2.75) is 45.1 Å². The molecule has 0 spiro atoms. The van der Waals surface area contributed by atoms with E-state index in [9.17, 15) is 9.59 Å². The molecule has 0 N–H and O–H groups in total. The van der Waals surface area contributed by atoms with Gasteiger partial charge in [0.2, 0.25) is 0 Å². The summed E-state index contributed by atoms with van der Waals surface area (Å²) in [4.78, 5) is 24.9. The third kappa shape index (κ3) is 2.36. The van der Waals surface area contributed by atoms with Crippen molar-refractivity contribution in [3.05, 3.63) is 0 Å². The molecule has 2 rings (SSSR count). The highest BCUT2D eigenvalue weighted by atomic mass is 16.6. The Bertz CT molecular complexity index is 307. The molecular formula is C12H19NO3. The van der Waals surface area contributed by atoms with Crippen LogP contribution >= 0.6 is 0 Å². The molecule has 0 aromatic carbocycles. The van der Waals surface area contributed by atoms with Crippen molar-refractivity contribution in [1.29, 1.82) is 0 Å². The van der Waals surface area contributed by atoms with E-state index in [4.69, 9.17) is 4.74 Å². The van der Waals surface area contributed by atoms with E-state index in [1.165, 1.54) is 6.92 Å². The maximum absolute atomic E-state index is 11.7. The van der Waals surface area contributed by atoms with Crippen molar-refractivity contribution in [3.8, 4) is 0 Å². The van der Waals surface area contributed by atoms with Crippen molar-refractivity contribution >= 4 is 11.9 Å². The highest BCUT2D eigenvalue weighted by Crippen LogP contribution is 2.38. The Balaban J connectivity index is 1.94. The van der Waals surface area contributed by atoms with Crippen LogP contribution in [-0.4, -0.2) is 35.5 Å². The van der Waals surface area contributed by atoms with Gasteiger partial charge in [-0.1, -0.05) is 12.8 Å². The van der Waals surface area contributed by atoms with Crippen LogP contribution < -0.4 is 0 Å². The second kappa shape index (κ2) is 4.07. The van der Waals surface area contributed by atoms with Crippen LogP contribution in [0.5, 0.6) is 0 Å². The van der Waals surface area contributed by atoms with Crippen LogP contribution in [0, 0.1) is 5.92 Å². The quantitative estimate of drug-likeness (QED) is 0.735. The van der Waals surface area contributed by atoms with Gasteiger partial charge in [-0.05, 0) is 32.6 Å². The minimum Gasteiger partial charge on any atom is -0.435 e. The fourth-order valence-corrected chi connectivity index (χ4v) is 1.89. The van der Waals surface area contributed by atoms with E-state index < -0.39 is 5.60 Å². The maximum Gasteiger partial charge on any atom is 0.410 e. The van der Waals surface area contributed by atoms with Gasteiger partial charge in [-0.25, -0.2) is 4.79 Å². The van der Waals surface area contributed by atoms with Gasteiger partial charge < -0.3 is 9.64 Å². The smallest absolute Gasteiger partial charge is 0.410 e. The molecule has 16 heavy (non-hydrogen) atoms. The monoisotopic (exact) mass is 225 g/mol. The molecule has 0 bridgehead atoms. The fraction of sp³-hybridized carbons (Fsp3) is 0.833. The number of Topliss-reactive ketones (excluding diaryl/α,β-unsaturated/α-hetero) is 1. The van der Waals surface area contributed by atoms with Crippen molar-refractivity contribution in [1.82, 2.24) is 4.90 Å². The molecule has 1 aliphatic heterocycles. The topological polar surface area (TPSA) is 46.6 Å². The maximum atomic E-state index is 11.7. The fourth-order valence-electron chi connectivity index (χ4n) is 1.89. The van der Waals surface area contributed by atoms with E-state index in [1.807, 2.05) is 0 Å². The van der Waals surface area contributed by atoms with E-state index in [1.54, 1.807) is 11.8 Å². The number of carbonyl (C=O) groups excluding carboxylic acids is 2. The molecule has 1 aliphatic carbocycles. The van der Waals surface area contributed by atoms with Crippen LogP contribution in [0.2, 0.25) is 0 Å². The lowest BCUT2D eigenvalue weighted by molar-refractivity contribution is -0.136. The largest absolute Gasteiger partial charge is 0.435 e.